The molecule has 0 amide bonds. The third kappa shape index (κ3) is 3.09. The molecule has 0 unspecified atom stereocenters. The van der Waals surface area contributed by atoms with Crippen LogP contribution in [-0.4, -0.2) is 13.1 Å². The second-order valence-corrected chi connectivity index (χ2v) is 5.21. The fourth-order valence-corrected chi connectivity index (χ4v) is 2.62. The van der Waals surface area contributed by atoms with E-state index in [-0.39, 0.29) is 5.97 Å². The lowest BCUT2D eigenvalue weighted by molar-refractivity contribution is 0.0597. The van der Waals surface area contributed by atoms with Crippen LogP contribution in [0.4, 0.5) is 5.69 Å². The van der Waals surface area contributed by atoms with Crippen LogP contribution < -0.4 is 5.73 Å². The van der Waals surface area contributed by atoms with Gasteiger partial charge in [0, 0.05) is 15.5 Å². The Morgan fingerprint density at radius 1 is 1.16 bits per heavy atom. The Kier molecular flexibility index (Phi) is 4.12. The van der Waals surface area contributed by atoms with Gasteiger partial charge in [-0.05, 0) is 31.2 Å². The number of methoxy groups -OCH3 is 1. The van der Waals surface area contributed by atoms with Crippen molar-refractivity contribution in [3.8, 4) is 0 Å². The second kappa shape index (κ2) is 5.80. The topological polar surface area (TPSA) is 52.3 Å². The van der Waals surface area contributed by atoms with Gasteiger partial charge in [-0.15, -0.1) is 0 Å². The number of rotatable bonds is 3. The van der Waals surface area contributed by atoms with Gasteiger partial charge in [0.05, 0.1) is 12.7 Å². The molecule has 2 rings (SSSR count). The summed E-state index contributed by atoms with van der Waals surface area (Å²) in [6, 6.07) is 13.3. The molecule has 2 aromatic carbocycles. The lowest BCUT2D eigenvalue weighted by Gasteiger charge is -2.10. The first-order valence-electron chi connectivity index (χ1n) is 5.83. The average molecular weight is 273 g/mol. The number of nitrogen functional groups attached to an aromatic ring is 1. The average Bonchev–Trinajstić information content (AvgIpc) is 2.42. The van der Waals surface area contributed by atoms with Crippen molar-refractivity contribution < 1.29 is 9.53 Å². The fourth-order valence-electron chi connectivity index (χ4n) is 1.66. The first-order valence-corrected chi connectivity index (χ1v) is 6.65. The number of carbonyl (C=O) groups excluding carboxylic acids is 1. The van der Waals surface area contributed by atoms with Crippen LogP contribution in [0.1, 0.15) is 15.9 Å². The minimum absolute atomic E-state index is 0.373. The van der Waals surface area contributed by atoms with Crippen LogP contribution in [0.2, 0.25) is 0 Å². The first-order chi connectivity index (χ1) is 9.11. The summed E-state index contributed by atoms with van der Waals surface area (Å²) in [5, 5.41) is 0. The smallest absolute Gasteiger partial charge is 0.339 e. The normalized spacial score (nSPS) is 10.2. The Bertz CT molecular complexity index is 594. The molecular formula is C15H15NO2S. The predicted octanol–water partition coefficient (Wildman–Crippen LogP) is 3.52. The lowest BCUT2D eigenvalue weighted by atomic mass is 10.2. The molecule has 0 aromatic heterocycles. The number of anilines is 1. The largest absolute Gasteiger partial charge is 0.465 e. The number of hydrogen-bond donors (Lipinski definition) is 1. The molecule has 0 radical (unpaired) electrons. The first kappa shape index (κ1) is 13.5. The van der Waals surface area contributed by atoms with Crippen LogP contribution >= 0.6 is 11.8 Å². The van der Waals surface area contributed by atoms with Crippen molar-refractivity contribution in [2.75, 3.05) is 12.8 Å². The predicted molar refractivity (Wildman–Crippen MR) is 77.5 cm³/mol. The third-order valence-electron chi connectivity index (χ3n) is 2.69. The van der Waals surface area contributed by atoms with Gasteiger partial charge in [-0.2, -0.15) is 0 Å². The molecule has 0 atom stereocenters. The maximum Gasteiger partial charge on any atom is 0.339 e. The number of benzene rings is 2. The molecule has 0 fully saturated rings. The highest BCUT2D eigenvalue weighted by atomic mass is 32.2. The molecule has 0 saturated carbocycles. The van der Waals surface area contributed by atoms with Gasteiger partial charge in [-0.25, -0.2) is 4.79 Å². The third-order valence-corrected chi connectivity index (χ3v) is 3.86. The minimum Gasteiger partial charge on any atom is -0.465 e. The minimum atomic E-state index is -0.373. The molecule has 2 N–H and O–H groups in total. The zero-order valence-electron chi connectivity index (χ0n) is 10.8. The number of carbonyl (C=O) groups is 1. The molecule has 0 aliphatic heterocycles. The van der Waals surface area contributed by atoms with Crippen molar-refractivity contribution >= 4 is 23.4 Å². The Labute approximate surface area is 116 Å². The maximum atomic E-state index is 11.7. The van der Waals surface area contributed by atoms with E-state index in [4.69, 9.17) is 10.5 Å². The Morgan fingerprint density at radius 2 is 1.84 bits per heavy atom. The fraction of sp³-hybridized carbons (Fsp3) is 0.133. The molecule has 0 saturated heterocycles. The van der Waals surface area contributed by atoms with Gasteiger partial charge in [-0.1, -0.05) is 35.5 Å². The molecule has 19 heavy (non-hydrogen) atoms. The molecule has 2 aromatic rings. The summed E-state index contributed by atoms with van der Waals surface area (Å²) in [5.41, 5.74) is 8.23. The Hall–Kier alpha value is -1.94. The van der Waals surface area contributed by atoms with Crippen LogP contribution in [0.5, 0.6) is 0 Å². The van der Waals surface area contributed by atoms with Crippen molar-refractivity contribution in [3.63, 3.8) is 0 Å². The van der Waals surface area contributed by atoms with Crippen LogP contribution in [0.25, 0.3) is 0 Å². The van der Waals surface area contributed by atoms with Crippen LogP contribution in [0, 0.1) is 6.92 Å². The zero-order chi connectivity index (χ0) is 13.8. The number of hydrogen-bond acceptors (Lipinski definition) is 4. The van der Waals surface area contributed by atoms with E-state index < -0.39 is 0 Å². The van der Waals surface area contributed by atoms with E-state index in [0.29, 0.717) is 11.3 Å². The summed E-state index contributed by atoms with van der Waals surface area (Å²) < 4.78 is 4.78. The highest BCUT2D eigenvalue weighted by Gasteiger charge is 2.15. The van der Waals surface area contributed by atoms with Crippen LogP contribution in [0.3, 0.4) is 0 Å². The molecule has 98 valence electrons. The summed E-state index contributed by atoms with van der Waals surface area (Å²) in [6.07, 6.45) is 0. The Balaban J connectivity index is 2.38. The molecule has 0 heterocycles. The molecule has 0 aliphatic rings. The second-order valence-electron chi connectivity index (χ2n) is 4.13. The molecule has 4 heteroatoms. The van der Waals surface area contributed by atoms with Gasteiger partial charge in [0.2, 0.25) is 0 Å². The van der Waals surface area contributed by atoms with E-state index in [0.717, 1.165) is 9.79 Å². The number of ether oxygens (including phenoxy) is 1. The van der Waals surface area contributed by atoms with Crippen LogP contribution in [-0.2, 0) is 4.74 Å². The summed E-state index contributed by atoms with van der Waals surface area (Å²) in [4.78, 5) is 13.5. The number of esters is 1. The maximum absolute atomic E-state index is 11.7. The highest BCUT2D eigenvalue weighted by Crippen LogP contribution is 2.35. The molecular weight excluding hydrogens is 258 g/mol. The Morgan fingerprint density at radius 3 is 2.47 bits per heavy atom. The quantitative estimate of drug-likeness (QED) is 0.686. The number of aryl methyl sites for hydroxylation is 1. The summed E-state index contributed by atoms with van der Waals surface area (Å²) in [5.74, 6) is -0.373. The zero-order valence-corrected chi connectivity index (χ0v) is 11.7. The monoisotopic (exact) mass is 273 g/mol. The van der Waals surface area contributed by atoms with E-state index in [2.05, 4.69) is 0 Å². The van der Waals surface area contributed by atoms with Gasteiger partial charge in [0.15, 0.2) is 0 Å². The molecule has 3 nitrogen and oxygen atoms in total. The van der Waals surface area contributed by atoms with Crippen molar-refractivity contribution in [1.29, 1.82) is 0 Å². The van der Waals surface area contributed by atoms with E-state index in [9.17, 15) is 4.79 Å². The van der Waals surface area contributed by atoms with Gasteiger partial charge in [0.1, 0.15) is 0 Å². The van der Waals surface area contributed by atoms with E-state index in [1.807, 2.05) is 31.2 Å². The van der Waals surface area contributed by atoms with Crippen molar-refractivity contribution in [1.82, 2.24) is 0 Å². The lowest BCUT2D eigenvalue weighted by Crippen LogP contribution is -2.04. The molecule has 0 bridgehead atoms. The summed E-state index contributed by atoms with van der Waals surface area (Å²) >= 11 is 1.47. The van der Waals surface area contributed by atoms with Crippen molar-refractivity contribution in [2.24, 2.45) is 0 Å². The highest BCUT2D eigenvalue weighted by molar-refractivity contribution is 7.99. The standard InChI is InChI=1S/C15H15NO2S/c1-10-6-8-11(9-7-10)19-14-12(15(17)18-2)4-3-5-13(14)16/h3-9H,16H2,1-2H3. The van der Waals surface area contributed by atoms with E-state index >= 15 is 0 Å². The van der Waals surface area contributed by atoms with E-state index in [1.165, 1.54) is 24.4 Å². The summed E-state index contributed by atoms with van der Waals surface area (Å²) in [7, 11) is 1.37. The molecule has 0 spiro atoms. The van der Waals surface area contributed by atoms with Gasteiger partial charge in [-0.3, -0.25) is 0 Å². The van der Waals surface area contributed by atoms with E-state index in [1.54, 1.807) is 18.2 Å². The summed E-state index contributed by atoms with van der Waals surface area (Å²) in [6.45, 7) is 2.03. The SMILES string of the molecule is COC(=O)c1cccc(N)c1Sc1ccc(C)cc1. The van der Waals surface area contributed by atoms with Crippen molar-refractivity contribution in [3.05, 3.63) is 53.6 Å². The van der Waals surface area contributed by atoms with Gasteiger partial charge in [0.25, 0.3) is 0 Å². The van der Waals surface area contributed by atoms with Gasteiger partial charge < -0.3 is 10.5 Å². The van der Waals surface area contributed by atoms with Crippen LogP contribution in [0.15, 0.2) is 52.3 Å². The number of nitrogens with two attached hydrogens (primary N) is 1. The van der Waals surface area contributed by atoms with Gasteiger partial charge >= 0.3 is 5.97 Å². The molecule has 0 aliphatic carbocycles. The van der Waals surface area contributed by atoms with Crippen molar-refractivity contribution in [2.45, 2.75) is 16.7 Å².